The number of hydrogen-bond donors (Lipinski definition) is 3. The summed E-state index contributed by atoms with van der Waals surface area (Å²) in [5.41, 5.74) is 10.4. The van der Waals surface area contributed by atoms with Gasteiger partial charge < -0.3 is 25.8 Å². The number of primary amides is 1. The van der Waals surface area contributed by atoms with Crippen LogP contribution < -0.4 is 16.4 Å². The lowest BCUT2D eigenvalue weighted by Gasteiger charge is -2.33. The molecule has 0 spiro atoms. The molecule has 2 heterocycles. The molecule has 34 heavy (non-hydrogen) atoms. The summed E-state index contributed by atoms with van der Waals surface area (Å²) in [6, 6.07) is 7.60. The van der Waals surface area contributed by atoms with Crippen LogP contribution in [0.15, 0.2) is 24.3 Å². The number of nitrogens with two attached hydrogens (primary N) is 1. The highest BCUT2D eigenvalue weighted by atomic mass is 16.2. The SMILES string of the molecule is CC(C)(C)NC(=O)N1CCn2c(c(C(N)=O)c(-c3ccc(C(=O)NC4CC4)cc3)c2C2CC2)C1. The Bertz CT molecular complexity index is 1150. The fourth-order valence-corrected chi connectivity index (χ4v) is 4.78. The van der Waals surface area contributed by atoms with E-state index in [4.69, 9.17) is 5.73 Å². The molecule has 8 heteroatoms. The van der Waals surface area contributed by atoms with Crippen LogP contribution in [0.4, 0.5) is 4.79 Å². The average Bonchev–Trinajstić information content (AvgIpc) is 3.70. The van der Waals surface area contributed by atoms with Crippen molar-refractivity contribution in [1.82, 2.24) is 20.1 Å². The number of benzene rings is 1. The van der Waals surface area contributed by atoms with E-state index < -0.39 is 5.91 Å². The highest BCUT2D eigenvalue weighted by molar-refractivity contribution is 6.03. The second kappa shape index (κ2) is 8.18. The van der Waals surface area contributed by atoms with E-state index in [1.165, 1.54) is 0 Å². The van der Waals surface area contributed by atoms with Crippen LogP contribution in [0.25, 0.3) is 11.1 Å². The molecule has 8 nitrogen and oxygen atoms in total. The first-order chi connectivity index (χ1) is 16.1. The molecule has 0 saturated heterocycles. The van der Waals surface area contributed by atoms with E-state index in [0.29, 0.717) is 42.7 Å². The number of urea groups is 1. The Morgan fingerprint density at radius 3 is 2.24 bits per heavy atom. The maximum atomic E-state index is 12.8. The normalized spacial score (nSPS) is 17.8. The lowest BCUT2D eigenvalue weighted by molar-refractivity contribution is 0.0949. The highest BCUT2D eigenvalue weighted by Gasteiger charge is 2.38. The predicted octanol–water partition coefficient (Wildman–Crippen LogP) is 3.35. The molecule has 2 saturated carbocycles. The summed E-state index contributed by atoms with van der Waals surface area (Å²) in [4.78, 5) is 39.8. The second-order valence-electron chi connectivity index (χ2n) is 10.8. The molecular weight excluding hydrogens is 430 g/mol. The maximum absolute atomic E-state index is 12.8. The Balaban J connectivity index is 1.51. The zero-order chi connectivity index (χ0) is 24.2. The Hall–Kier alpha value is -3.29. The molecule has 1 aromatic carbocycles. The maximum Gasteiger partial charge on any atom is 0.318 e. The van der Waals surface area contributed by atoms with Gasteiger partial charge in [0.15, 0.2) is 0 Å². The number of hydrogen-bond acceptors (Lipinski definition) is 3. The van der Waals surface area contributed by atoms with Gasteiger partial charge in [-0.15, -0.1) is 0 Å². The van der Waals surface area contributed by atoms with Crippen molar-refractivity contribution in [3.05, 3.63) is 46.8 Å². The van der Waals surface area contributed by atoms with E-state index >= 15 is 0 Å². The van der Waals surface area contributed by atoms with Gasteiger partial charge in [-0.25, -0.2) is 4.79 Å². The summed E-state index contributed by atoms with van der Waals surface area (Å²) in [6.45, 7) is 7.38. The minimum atomic E-state index is -0.487. The Kier molecular flexibility index (Phi) is 5.41. The fourth-order valence-electron chi connectivity index (χ4n) is 4.78. The summed E-state index contributed by atoms with van der Waals surface area (Å²) in [5, 5.41) is 6.02. The molecule has 4 N–H and O–H groups in total. The molecule has 0 radical (unpaired) electrons. The van der Waals surface area contributed by atoms with Gasteiger partial charge in [0.25, 0.3) is 11.8 Å². The average molecular weight is 464 g/mol. The van der Waals surface area contributed by atoms with Crippen molar-refractivity contribution in [2.45, 2.75) is 77.0 Å². The summed E-state index contributed by atoms with van der Waals surface area (Å²) < 4.78 is 2.21. The Labute approximate surface area is 199 Å². The van der Waals surface area contributed by atoms with E-state index in [1.54, 1.807) is 4.90 Å². The minimum Gasteiger partial charge on any atom is -0.366 e. The molecular formula is C26H33N5O3. The molecule has 2 fully saturated rings. The number of carbonyl (C=O) groups is 3. The van der Waals surface area contributed by atoms with Crippen LogP contribution in [0.5, 0.6) is 0 Å². The monoisotopic (exact) mass is 463 g/mol. The zero-order valence-electron chi connectivity index (χ0n) is 20.1. The summed E-state index contributed by atoms with van der Waals surface area (Å²) in [7, 11) is 0. The Morgan fingerprint density at radius 2 is 1.68 bits per heavy atom. The minimum absolute atomic E-state index is 0.0664. The van der Waals surface area contributed by atoms with Crippen molar-refractivity contribution < 1.29 is 14.4 Å². The van der Waals surface area contributed by atoms with E-state index in [2.05, 4.69) is 15.2 Å². The quantitative estimate of drug-likeness (QED) is 0.633. The van der Waals surface area contributed by atoms with Crippen molar-refractivity contribution in [3.63, 3.8) is 0 Å². The third-order valence-corrected chi connectivity index (χ3v) is 6.67. The molecule has 0 unspecified atom stereocenters. The molecule has 2 aliphatic carbocycles. The molecule has 4 amide bonds. The largest absolute Gasteiger partial charge is 0.366 e. The van der Waals surface area contributed by atoms with Gasteiger partial charge in [0.2, 0.25) is 0 Å². The van der Waals surface area contributed by atoms with Crippen LogP contribution in [-0.4, -0.2) is 45.4 Å². The number of fused-ring (bicyclic) bond motifs is 1. The first kappa shape index (κ1) is 22.5. The van der Waals surface area contributed by atoms with Crippen molar-refractivity contribution in [1.29, 1.82) is 0 Å². The smallest absolute Gasteiger partial charge is 0.318 e. The van der Waals surface area contributed by atoms with Crippen LogP contribution in [0.2, 0.25) is 0 Å². The third kappa shape index (κ3) is 4.41. The predicted molar refractivity (Wildman–Crippen MR) is 130 cm³/mol. The van der Waals surface area contributed by atoms with Crippen LogP contribution >= 0.6 is 0 Å². The van der Waals surface area contributed by atoms with Crippen LogP contribution in [-0.2, 0) is 13.1 Å². The van der Waals surface area contributed by atoms with Gasteiger partial charge in [-0.05, 0) is 70.1 Å². The summed E-state index contributed by atoms with van der Waals surface area (Å²) in [6.07, 6.45) is 4.23. The van der Waals surface area contributed by atoms with E-state index in [9.17, 15) is 14.4 Å². The molecule has 5 rings (SSSR count). The van der Waals surface area contributed by atoms with Crippen molar-refractivity contribution in [3.8, 4) is 11.1 Å². The van der Waals surface area contributed by atoms with Gasteiger partial charge in [-0.3, -0.25) is 9.59 Å². The lowest BCUT2D eigenvalue weighted by Crippen LogP contribution is -2.50. The van der Waals surface area contributed by atoms with Crippen molar-refractivity contribution in [2.75, 3.05) is 6.54 Å². The zero-order valence-corrected chi connectivity index (χ0v) is 20.1. The molecule has 2 aromatic rings. The Morgan fingerprint density at radius 1 is 1.00 bits per heavy atom. The van der Waals surface area contributed by atoms with Gasteiger partial charge in [0.1, 0.15) is 0 Å². The van der Waals surface area contributed by atoms with Gasteiger partial charge >= 0.3 is 6.03 Å². The fraction of sp³-hybridized carbons (Fsp3) is 0.500. The number of rotatable bonds is 5. The lowest BCUT2D eigenvalue weighted by atomic mass is 9.96. The standard InChI is InChI=1S/C26H33N5O3/c1-26(2,3)29-25(34)30-12-13-31-19(14-30)21(23(27)32)20(22(31)16-6-7-16)15-4-8-17(9-5-15)24(33)28-18-10-11-18/h4-5,8-9,16,18H,6-7,10-14H2,1-3H3,(H2,27,32)(H,28,33)(H,29,34). The van der Waals surface area contributed by atoms with Gasteiger partial charge in [0, 0.05) is 41.5 Å². The van der Waals surface area contributed by atoms with E-state index in [1.807, 2.05) is 45.0 Å². The van der Waals surface area contributed by atoms with Crippen molar-refractivity contribution >= 4 is 17.8 Å². The first-order valence-electron chi connectivity index (χ1n) is 12.2. The summed E-state index contributed by atoms with van der Waals surface area (Å²) in [5.74, 6) is -0.169. The number of nitrogens with zero attached hydrogens (tertiary/aromatic N) is 2. The highest BCUT2D eigenvalue weighted by Crippen LogP contribution is 2.48. The van der Waals surface area contributed by atoms with Crippen LogP contribution in [0.3, 0.4) is 0 Å². The number of carbonyl (C=O) groups excluding carboxylic acids is 3. The molecule has 1 aromatic heterocycles. The number of amides is 4. The summed E-state index contributed by atoms with van der Waals surface area (Å²) >= 11 is 0. The molecule has 0 bridgehead atoms. The number of nitrogens with one attached hydrogen (secondary N) is 2. The van der Waals surface area contributed by atoms with Gasteiger partial charge in [0.05, 0.1) is 17.8 Å². The molecule has 3 aliphatic rings. The third-order valence-electron chi connectivity index (χ3n) is 6.67. The van der Waals surface area contributed by atoms with Gasteiger partial charge in [-0.2, -0.15) is 0 Å². The van der Waals surface area contributed by atoms with Gasteiger partial charge in [-0.1, -0.05) is 12.1 Å². The second-order valence-corrected chi connectivity index (χ2v) is 10.8. The van der Waals surface area contributed by atoms with E-state index in [-0.39, 0.29) is 17.5 Å². The van der Waals surface area contributed by atoms with Crippen LogP contribution in [0.1, 0.15) is 84.5 Å². The molecule has 1 aliphatic heterocycles. The molecule has 180 valence electrons. The molecule has 0 atom stereocenters. The van der Waals surface area contributed by atoms with Crippen LogP contribution in [0, 0.1) is 0 Å². The topological polar surface area (TPSA) is 109 Å². The van der Waals surface area contributed by atoms with E-state index in [0.717, 1.165) is 48.2 Å². The number of aromatic nitrogens is 1. The first-order valence-corrected chi connectivity index (χ1v) is 12.2. The van der Waals surface area contributed by atoms with Crippen molar-refractivity contribution in [2.24, 2.45) is 5.73 Å².